The van der Waals surface area contributed by atoms with Gasteiger partial charge in [-0.3, -0.25) is 0 Å². The summed E-state index contributed by atoms with van der Waals surface area (Å²) in [6.07, 6.45) is 2.69. The van der Waals surface area contributed by atoms with E-state index >= 15 is 0 Å². The summed E-state index contributed by atoms with van der Waals surface area (Å²) in [5.41, 5.74) is 2.39. The molecule has 1 unspecified atom stereocenters. The monoisotopic (exact) mass is 312 g/mol. The molecule has 0 spiro atoms. The SMILES string of the molecule is N#Cc1ccccc1S(=O)(=O)NC1CCCc2ccccc21. The molecule has 0 saturated heterocycles. The molecule has 3 rings (SSSR count). The van der Waals surface area contributed by atoms with Crippen molar-refractivity contribution >= 4 is 10.0 Å². The van der Waals surface area contributed by atoms with Crippen molar-refractivity contribution in [3.8, 4) is 6.07 Å². The van der Waals surface area contributed by atoms with E-state index in [-0.39, 0.29) is 16.5 Å². The summed E-state index contributed by atoms with van der Waals surface area (Å²) in [6.45, 7) is 0. The Kier molecular flexibility index (Phi) is 3.97. The number of nitriles is 1. The fourth-order valence-corrected chi connectivity index (χ4v) is 4.33. The number of rotatable bonds is 3. The maximum atomic E-state index is 12.6. The largest absolute Gasteiger partial charge is 0.242 e. The lowest BCUT2D eigenvalue weighted by molar-refractivity contribution is 0.507. The maximum absolute atomic E-state index is 12.6. The molecule has 5 heteroatoms. The fourth-order valence-electron chi connectivity index (χ4n) is 2.92. The van der Waals surface area contributed by atoms with Gasteiger partial charge in [-0.1, -0.05) is 36.4 Å². The Hall–Kier alpha value is -2.16. The lowest BCUT2D eigenvalue weighted by Crippen LogP contribution is -2.31. The topological polar surface area (TPSA) is 70.0 Å². The third kappa shape index (κ3) is 2.76. The van der Waals surface area contributed by atoms with Crippen LogP contribution in [0.4, 0.5) is 0 Å². The van der Waals surface area contributed by atoms with Gasteiger partial charge in [-0.15, -0.1) is 0 Å². The molecule has 0 aromatic heterocycles. The predicted octanol–water partition coefficient (Wildman–Crippen LogP) is 2.91. The molecule has 2 aromatic rings. The van der Waals surface area contributed by atoms with Crippen molar-refractivity contribution in [2.75, 3.05) is 0 Å². The first-order valence-corrected chi connectivity index (χ1v) is 8.69. The van der Waals surface area contributed by atoms with E-state index in [4.69, 9.17) is 5.26 Å². The quantitative estimate of drug-likeness (QED) is 0.947. The molecular formula is C17H16N2O2S. The number of fused-ring (bicyclic) bond motifs is 1. The lowest BCUT2D eigenvalue weighted by atomic mass is 9.88. The molecule has 112 valence electrons. The highest BCUT2D eigenvalue weighted by atomic mass is 32.2. The van der Waals surface area contributed by atoms with Gasteiger partial charge in [0.1, 0.15) is 6.07 Å². The van der Waals surface area contributed by atoms with Gasteiger partial charge in [0.15, 0.2) is 0 Å². The van der Waals surface area contributed by atoms with E-state index in [0.717, 1.165) is 24.8 Å². The van der Waals surface area contributed by atoms with Gasteiger partial charge < -0.3 is 0 Å². The predicted molar refractivity (Wildman–Crippen MR) is 83.6 cm³/mol. The van der Waals surface area contributed by atoms with E-state index in [0.29, 0.717) is 0 Å². The molecule has 0 aliphatic heterocycles. The number of hydrogen-bond donors (Lipinski definition) is 1. The first-order chi connectivity index (χ1) is 10.6. The van der Waals surface area contributed by atoms with Crippen molar-refractivity contribution in [3.05, 3.63) is 65.2 Å². The van der Waals surface area contributed by atoms with Crippen molar-refractivity contribution in [1.82, 2.24) is 4.72 Å². The highest BCUT2D eigenvalue weighted by Gasteiger charge is 2.26. The van der Waals surface area contributed by atoms with Crippen molar-refractivity contribution < 1.29 is 8.42 Å². The van der Waals surface area contributed by atoms with Gasteiger partial charge in [0.05, 0.1) is 10.5 Å². The highest BCUT2D eigenvalue weighted by Crippen LogP contribution is 2.31. The summed E-state index contributed by atoms with van der Waals surface area (Å²) in [5.74, 6) is 0. The Labute approximate surface area is 130 Å². The fraction of sp³-hybridized carbons (Fsp3) is 0.235. The molecule has 22 heavy (non-hydrogen) atoms. The molecule has 0 heterocycles. The summed E-state index contributed by atoms with van der Waals surface area (Å²) in [7, 11) is -3.72. The van der Waals surface area contributed by atoms with Gasteiger partial charge in [0, 0.05) is 6.04 Å². The Morgan fingerprint density at radius 1 is 1.09 bits per heavy atom. The van der Waals surface area contributed by atoms with E-state index in [9.17, 15) is 8.42 Å². The first kappa shape index (κ1) is 14.8. The van der Waals surface area contributed by atoms with Gasteiger partial charge >= 0.3 is 0 Å². The van der Waals surface area contributed by atoms with E-state index in [1.54, 1.807) is 12.1 Å². The van der Waals surface area contributed by atoms with Crippen LogP contribution in [-0.4, -0.2) is 8.42 Å². The summed E-state index contributed by atoms with van der Waals surface area (Å²) in [5, 5.41) is 9.10. The molecule has 1 aliphatic carbocycles. The van der Waals surface area contributed by atoms with Crippen molar-refractivity contribution in [1.29, 1.82) is 5.26 Å². The smallest absolute Gasteiger partial charge is 0.207 e. The van der Waals surface area contributed by atoms with Gasteiger partial charge in [0.2, 0.25) is 10.0 Å². The average molecular weight is 312 g/mol. The minimum Gasteiger partial charge on any atom is -0.207 e. The third-order valence-electron chi connectivity index (χ3n) is 3.96. The zero-order chi connectivity index (χ0) is 15.6. The standard InChI is InChI=1S/C17H16N2O2S/c18-12-14-7-2-4-11-17(14)22(20,21)19-16-10-5-8-13-6-1-3-9-15(13)16/h1-4,6-7,9,11,16,19H,5,8,10H2. The van der Waals surface area contributed by atoms with Crippen LogP contribution in [0.5, 0.6) is 0 Å². The Bertz CT molecular complexity index is 838. The minimum absolute atomic E-state index is 0.0422. The molecule has 1 N–H and O–H groups in total. The summed E-state index contributed by atoms with van der Waals surface area (Å²) in [4.78, 5) is 0.0422. The normalized spacial score (nSPS) is 17.5. The van der Waals surface area contributed by atoms with Crippen molar-refractivity contribution in [2.24, 2.45) is 0 Å². The molecule has 2 aromatic carbocycles. The highest BCUT2D eigenvalue weighted by molar-refractivity contribution is 7.89. The van der Waals surface area contributed by atoms with Gasteiger partial charge in [0.25, 0.3) is 0 Å². The van der Waals surface area contributed by atoms with Gasteiger partial charge in [-0.2, -0.15) is 5.26 Å². The molecule has 0 fully saturated rings. The second-order valence-electron chi connectivity index (χ2n) is 5.37. The number of nitrogens with one attached hydrogen (secondary N) is 1. The van der Waals surface area contributed by atoms with Crippen LogP contribution in [0, 0.1) is 11.3 Å². The molecule has 1 aliphatic rings. The van der Waals surface area contributed by atoms with E-state index in [1.165, 1.54) is 17.7 Å². The van der Waals surface area contributed by atoms with E-state index in [2.05, 4.69) is 4.72 Å². The molecule has 0 amide bonds. The van der Waals surface area contributed by atoms with Gasteiger partial charge in [-0.05, 0) is 42.5 Å². The molecule has 0 radical (unpaired) electrons. The van der Waals surface area contributed by atoms with E-state index in [1.807, 2.05) is 30.3 Å². The summed E-state index contributed by atoms with van der Waals surface area (Å²) < 4.78 is 28.0. The van der Waals surface area contributed by atoms with Crippen molar-refractivity contribution in [3.63, 3.8) is 0 Å². The molecule has 0 saturated carbocycles. The molecule has 0 bridgehead atoms. The molecule has 1 atom stereocenters. The molecule has 4 nitrogen and oxygen atoms in total. The van der Waals surface area contributed by atoms with Crippen LogP contribution in [-0.2, 0) is 16.4 Å². The second-order valence-corrected chi connectivity index (χ2v) is 7.06. The zero-order valence-electron chi connectivity index (χ0n) is 12.0. The number of sulfonamides is 1. The Balaban J connectivity index is 1.95. The van der Waals surface area contributed by atoms with Crippen molar-refractivity contribution in [2.45, 2.75) is 30.2 Å². The van der Waals surface area contributed by atoms with Crippen LogP contribution in [0.25, 0.3) is 0 Å². The first-order valence-electron chi connectivity index (χ1n) is 7.21. The number of aryl methyl sites for hydroxylation is 1. The average Bonchev–Trinajstić information content (AvgIpc) is 2.55. The summed E-state index contributed by atoms with van der Waals surface area (Å²) >= 11 is 0. The van der Waals surface area contributed by atoms with Gasteiger partial charge in [-0.25, -0.2) is 13.1 Å². The number of nitrogens with zero attached hydrogens (tertiary/aromatic N) is 1. The Morgan fingerprint density at radius 3 is 2.64 bits per heavy atom. The van der Waals surface area contributed by atoms with Crippen LogP contribution >= 0.6 is 0 Å². The lowest BCUT2D eigenvalue weighted by Gasteiger charge is -2.26. The van der Waals surface area contributed by atoms with Crippen LogP contribution in [0.15, 0.2) is 53.4 Å². The zero-order valence-corrected chi connectivity index (χ0v) is 12.8. The summed E-state index contributed by atoms with van der Waals surface area (Å²) in [6, 6.07) is 15.9. The van der Waals surface area contributed by atoms with Crippen LogP contribution in [0.1, 0.15) is 35.6 Å². The third-order valence-corrected chi connectivity index (χ3v) is 5.49. The molecular weight excluding hydrogens is 296 g/mol. The minimum atomic E-state index is -3.72. The maximum Gasteiger partial charge on any atom is 0.242 e. The van der Waals surface area contributed by atoms with Crippen LogP contribution < -0.4 is 4.72 Å². The second kappa shape index (κ2) is 5.91. The van der Waals surface area contributed by atoms with Crippen LogP contribution in [0.2, 0.25) is 0 Å². The number of hydrogen-bond acceptors (Lipinski definition) is 3. The van der Waals surface area contributed by atoms with E-state index < -0.39 is 10.0 Å². The number of benzene rings is 2. The van der Waals surface area contributed by atoms with Crippen LogP contribution in [0.3, 0.4) is 0 Å². The Morgan fingerprint density at radius 2 is 1.82 bits per heavy atom.